The number of thiophene rings is 1. The minimum Gasteiger partial charge on any atom is -0.380 e. The molecular weight excluding hydrogens is 296 g/mol. The summed E-state index contributed by atoms with van der Waals surface area (Å²) in [5, 5.41) is 18.1. The van der Waals surface area contributed by atoms with Gasteiger partial charge in [-0.05, 0) is 51.0 Å². The first-order valence-electron chi connectivity index (χ1n) is 7.18. The number of rotatable bonds is 5. The second-order valence-corrected chi connectivity index (χ2v) is 6.57. The van der Waals surface area contributed by atoms with E-state index in [1.54, 1.807) is 22.2 Å². The number of fused-ring (bicyclic) bond motifs is 1. The van der Waals surface area contributed by atoms with Crippen LogP contribution in [-0.2, 0) is 0 Å². The number of hydrogen-bond acceptors (Lipinski definition) is 6. The molecule has 0 radical (unpaired) electrons. The third-order valence-corrected chi connectivity index (χ3v) is 4.82. The first kappa shape index (κ1) is 14.9. The third kappa shape index (κ3) is 2.82. The van der Waals surface area contributed by atoms with E-state index in [2.05, 4.69) is 58.0 Å². The summed E-state index contributed by atoms with van der Waals surface area (Å²) in [4.78, 5) is 3.63. The van der Waals surface area contributed by atoms with Crippen molar-refractivity contribution in [2.75, 3.05) is 26.0 Å². The minimum absolute atomic E-state index is 0.316. The van der Waals surface area contributed by atoms with E-state index in [-0.39, 0.29) is 0 Å². The molecule has 0 aliphatic heterocycles. The molecule has 0 saturated heterocycles. The Balaban J connectivity index is 1.85. The molecule has 0 fully saturated rings. The van der Waals surface area contributed by atoms with Gasteiger partial charge in [0.2, 0.25) is 5.65 Å². The summed E-state index contributed by atoms with van der Waals surface area (Å²) in [5.74, 6) is 0. The Labute approximate surface area is 133 Å². The molecule has 3 aromatic heterocycles. The quantitative estimate of drug-likeness (QED) is 0.784. The van der Waals surface area contributed by atoms with Crippen LogP contribution in [0.15, 0.2) is 23.8 Å². The highest BCUT2D eigenvalue weighted by Crippen LogP contribution is 2.28. The van der Waals surface area contributed by atoms with Gasteiger partial charge < -0.3 is 10.2 Å². The van der Waals surface area contributed by atoms with Gasteiger partial charge in [0.05, 0.1) is 17.4 Å². The average molecular weight is 316 g/mol. The second-order valence-electron chi connectivity index (χ2n) is 5.63. The van der Waals surface area contributed by atoms with Crippen molar-refractivity contribution in [1.29, 1.82) is 0 Å². The van der Waals surface area contributed by atoms with Crippen LogP contribution in [0.5, 0.6) is 0 Å². The summed E-state index contributed by atoms with van der Waals surface area (Å²) in [6, 6.07) is 4.50. The van der Waals surface area contributed by atoms with Gasteiger partial charge in [-0.1, -0.05) is 0 Å². The van der Waals surface area contributed by atoms with E-state index in [1.165, 1.54) is 10.4 Å². The summed E-state index contributed by atoms with van der Waals surface area (Å²) in [6.07, 6.45) is 1.63. The molecule has 1 unspecified atom stereocenters. The fourth-order valence-electron chi connectivity index (χ4n) is 2.52. The van der Waals surface area contributed by atoms with Crippen LogP contribution >= 0.6 is 11.3 Å². The zero-order valence-corrected chi connectivity index (χ0v) is 14.1. The van der Waals surface area contributed by atoms with Crippen LogP contribution in [0.25, 0.3) is 5.65 Å². The molecule has 0 saturated carbocycles. The molecule has 0 amide bonds. The van der Waals surface area contributed by atoms with E-state index >= 15 is 0 Å². The molecule has 0 aliphatic rings. The van der Waals surface area contributed by atoms with Crippen molar-refractivity contribution >= 4 is 22.7 Å². The van der Waals surface area contributed by atoms with Crippen molar-refractivity contribution < 1.29 is 0 Å². The van der Waals surface area contributed by atoms with Gasteiger partial charge in [-0.2, -0.15) is 9.61 Å². The van der Waals surface area contributed by atoms with Crippen LogP contribution < -0.4 is 5.32 Å². The Morgan fingerprint density at radius 1 is 1.36 bits per heavy atom. The maximum atomic E-state index is 4.37. The largest absolute Gasteiger partial charge is 0.380 e. The Morgan fingerprint density at radius 3 is 2.86 bits per heavy atom. The van der Waals surface area contributed by atoms with Crippen molar-refractivity contribution in [2.45, 2.75) is 19.9 Å². The number of nitrogens with zero attached hydrogens (tertiary/aromatic N) is 5. The summed E-state index contributed by atoms with van der Waals surface area (Å²) < 4.78 is 1.71. The van der Waals surface area contributed by atoms with Gasteiger partial charge in [-0.15, -0.1) is 21.5 Å². The molecule has 116 valence electrons. The smallest absolute Gasteiger partial charge is 0.200 e. The summed E-state index contributed by atoms with van der Waals surface area (Å²) in [7, 11) is 4.21. The van der Waals surface area contributed by atoms with E-state index in [9.17, 15) is 0 Å². The number of nitrogens with one attached hydrogen (secondary N) is 1. The fraction of sp³-hybridized carbons (Fsp3) is 0.400. The molecule has 6 nitrogen and oxygen atoms in total. The minimum atomic E-state index is 0.316. The van der Waals surface area contributed by atoms with Crippen molar-refractivity contribution in [3.63, 3.8) is 0 Å². The third-order valence-electron chi connectivity index (χ3n) is 3.70. The maximum Gasteiger partial charge on any atom is 0.200 e. The molecule has 3 heterocycles. The summed E-state index contributed by atoms with van der Waals surface area (Å²) in [6.45, 7) is 4.94. The summed E-state index contributed by atoms with van der Waals surface area (Å²) in [5.41, 5.74) is 3.99. The number of likely N-dealkylation sites (N-methyl/N-ethyl adjacent to an activating group) is 1. The lowest BCUT2D eigenvalue weighted by Gasteiger charge is -2.25. The molecule has 3 rings (SSSR count). The highest BCUT2D eigenvalue weighted by molar-refractivity contribution is 7.10. The average Bonchev–Trinajstić information content (AvgIpc) is 3.08. The Morgan fingerprint density at radius 2 is 2.18 bits per heavy atom. The van der Waals surface area contributed by atoms with Gasteiger partial charge in [0.25, 0.3) is 0 Å². The zero-order valence-electron chi connectivity index (χ0n) is 13.2. The van der Waals surface area contributed by atoms with E-state index in [0.717, 1.165) is 23.6 Å². The normalized spacial score (nSPS) is 13.0. The SMILES string of the molecule is Cc1cc(NCC(c2sccc2C)N(C)C)c2nncn2n1. The van der Waals surface area contributed by atoms with Gasteiger partial charge >= 0.3 is 0 Å². The number of aryl methyl sites for hydroxylation is 2. The molecule has 0 aromatic carbocycles. The van der Waals surface area contributed by atoms with E-state index < -0.39 is 0 Å². The van der Waals surface area contributed by atoms with Crippen LogP contribution in [0.2, 0.25) is 0 Å². The lowest BCUT2D eigenvalue weighted by atomic mass is 10.1. The number of anilines is 1. The molecule has 1 N–H and O–H groups in total. The fourth-order valence-corrected chi connectivity index (χ4v) is 3.65. The molecule has 22 heavy (non-hydrogen) atoms. The Bertz CT molecular complexity index is 775. The van der Waals surface area contributed by atoms with Gasteiger partial charge in [0, 0.05) is 11.4 Å². The zero-order chi connectivity index (χ0) is 15.7. The van der Waals surface area contributed by atoms with E-state index in [4.69, 9.17) is 0 Å². The first-order chi connectivity index (χ1) is 10.6. The van der Waals surface area contributed by atoms with Crippen LogP contribution in [0.3, 0.4) is 0 Å². The Hall–Kier alpha value is -1.99. The van der Waals surface area contributed by atoms with Crippen LogP contribution in [0.4, 0.5) is 5.69 Å². The lowest BCUT2D eigenvalue weighted by Crippen LogP contribution is -2.26. The highest BCUT2D eigenvalue weighted by atomic mass is 32.1. The van der Waals surface area contributed by atoms with Crippen molar-refractivity contribution in [3.8, 4) is 0 Å². The van der Waals surface area contributed by atoms with Crippen molar-refractivity contribution in [3.05, 3.63) is 40.0 Å². The number of aromatic nitrogens is 4. The molecule has 7 heteroatoms. The molecule has 0 spiro atoms. The van der Waals surface area contributed by atoms with Crippen LogP contribution in [0, 0.1) is 13.8 Å². The molecule has 0 bridgehead atoms. The van der Waals surface area contributed by atoms with E-state index in [0.29, 0.717) is 6.04 Å². The predicted molar refractivity (Wildman–Crippen MR) is 89.5 cm³/mol. The van der Waals surface area contributed by atoms with E-state index in [1.807, 2.05) is 13.0 Å². The van der Waals surface area contributed by atoms with Crippen molar-refractivity contribution in [2.24, 2.45) is 0 Å². The van der Waals surface area contributed by atoms with Gasteiger partial charge in [-0.25, -0.2) is 0 Å². The van der Waals surface area contributed by atoms with Gasteiger partial charge in [0.15, 0.2) is 0 Å². The highest BCUT2D eigenvalue weighted by Gasteiger charge is 2.18. The van der Waals surface area contributed by atoms with Gasteiger partial charge in [0.1, 0.15) is 6.33 Å². The standard InChI is InChI=1S/C15H20N6S/c1-10-5-6-22-14(10)13(20(3)4)8-16-12-7-11(2)19-21-9-17-18-15(12)21/h5-7,9,13,16H,8H2,1-4H3. The number of hydrogen-bond donors (Lipinski definition) is 1. The van der Waals surface area contributed by atoms with Crippen LogP contribution in [-0.4, -0.2) is 45.4 Å². The lowest BCUT2D eigenvalue weighted by molar-refractivity contribution is 0.315. The van der Waals surface area contributed by atoms with Crippen LogP contribution in [0.1, 0.15) is 22.2 Å². The second kappa shape index (κ2) is 6.02. The molecule has 0 aliphatic carbocycles. The summed E-state index contributed by atoms with van der Waals surface area (Å²) >= 11 is 1.80. The van der Waals surface area contributed by atoms with Gasteiger partial charge in [-0.3, -0.25) is 0 Å². The molecule has 1 atom stereocenters. The predicted octanol–water partition coefficient (Wildman–Crippen LogP) is 2.52. The maximum absolute atomic E-state index is 4.37. The molecule has 3 aromatic rings. The Kier molecular flexibility index (Phi) is 4.08. The van der Waals surface area contributed by atoms with Crippen molar-refractivity contribution in [1.82, 2.24) is 24.7 Å². The first-order valence-corrected chi connectivity index (χ1v) is 8.06. The molecular formula is C15H20N6S. The monoisotopic (exact) mass is 316 g/mol. The topological polar surface area (TPSA) is 58.3 Å².